The second kappa shape index (κ2) is 8.69. The van der Waals surface area contributed by atoms with E-state index in [-0.39, 0.29) is 24.3 Å². The van der Waals surface area contributed by atoms with Crippen LogP contribution in [-0.4, -0.2) is 23.3 Å². The quantitative estimate of drug-likeness (QED) is 0.795. The Bertz CT molecular complexity index is 472. The number of rotatable bonds is 7. The minimum atomic E-state index is -0.248. The van der Waals surface area contributed by atoms with Crippen molar-refractivity contribution in [2.75, 3.05) is 11.9 Å². The maximum absolute atomic E-state index is 11.6. The molecule has 0 aliphatic heterocycles. The molecular formula is C14H18N2O3V. The van der Waals surface area contributed by atoms with Gasteiger partial charge < -0.3 is 0 Å². The predicted octanol–water partition coefficient (Wildman–Crippen LogP) is 1.22. The number of hydrogen-bond acceptors (Lipinski definition) is 3. The molecule has 0 fully saturated rings. The molecular weight excluding hydrogens is 295 g/mol. The molecule has 6 heteroatoms. The van der Waals surface area contributed by atoms with Gasteiger partial charge in [-0.05, 0) is 0 Å². The van der Waals surface area contributed by atoms with Gasteiger partial charge in [0.1, 0.15) is 0 Å². The molecule has 0 aliphatic rings. The molecule has 0 aromatic heterocycles. The van der Waals surface area contributed by atoms with Crippen molar-refractivity contribution in [2.24, 2.45) is 5.92 Å². The molecule has 0 bridgehead atoms. The summed E-state index contributed by atoms with van der Waals surface area (Å²) in [5.74, 6) is -0.514. The van der Waals surface area contributed by atoms with E-state index < -0.39 is 0 Å². The van der Waals surface area contributed by atoms with Crippen LogP contribution in [0.1, 0.15) is 19.4 Å². The Morgan fingerprint density at radius 1 is 1.30 bits per heavy atom. The summed E-state index contributed by atoms with van der Waals surface area (Å²) in [6.45, 7) is 4.03. The average molecular weight is 313 g/mol. The van der Waals surface area contributed by atoms with E-state index in [1.54, 1.807) is 30.9 Å². The van der Waals surface area contributed by atoms with Gasteiger partial charge in [-0.3, -0.25) is 4.79 Å². The number of amides is 2. The summed E-state index contributed by atoms with van der Waals surface area (Å²) in [5, 5.41) is 5.28. The van der Waals surface area contributed by atoms with Crippen LogP contribution in [0.15, 0.2) is 24.3 Å². The molecule has 0 atom stereocenters. The number of benzene rings is 1. The SMILES string of the molecule is CC(C)C(=O)NCC(=O)Nc1ccc(CO[CH]=[V])cc1. The number of hydrogen-bond donors (Lipinski definition) is 2. The van der Waals surface area contributed by atoms with E-state index in [0.717, 1.165) is 5.56 Å². The van der Waals surface area contributed by atoms with Crippen molar-refractivity contribution in [1.82, 2.24) is 5.32 Å². The zero-order chi connectivity index (χ0) is 15.0. The molecule has 5 nitrogen and oxygen atoms in total. The van der Waals surface area contributed by atoms with E-state index in [1.165, 1.54) is 0 Å². The van der Waals surface area contributed by atoms with Crippen LogP contribution in [0.2, 0.25) is 0 Å². The first-order chi connectivity index (χ1) is 9.52. The zero-order valence-corrected chi connectivity index (χ0v) is 12.9. The van der Waals surface area contributed by atoms with Crippen LogP contribution in [-0.2, 0) is 37.9 Å². The first kappa shape index (κ1) is 16.6. The summed E-state index contributed by atoms with van der Waals surface area (Å²) in [4.78, 5) is 24.5. The van der Waals surface area contributed by atoms with E-state index in [2.05, 4.69) is 27.6 Å². The number of carbonyl (C=O) groups excluding carboxylic acids is 2. The van der Waals surface area contributed by atoms with Crippen LogP contribution in [0.3, 0.4) is 0 Å². The molecule has 0 saturated carbocycles. The number of carbonyl (C=O) groups is 2. The van der Waals surface area contributed by atoms with Gasteiger partial charge in [-0.15, -0.1) is 0 Å². The monoisotopic (exact) mass is 313 g/mol. The Balaban J connectivity index is 2.42. The second-order valence-electron chi connectivity index (χ2n) is 4.53. The number of anilines is 1. The van der Waals surface area contributed by atoms with E-state index in [0.29, 0.717) is 12.3 Å². The first-order valence-corrected chi connectivity index (χ1v) is 7.07. The van der Waals surface area contributed by atoms with Crippen LogP contribution >= 0.6 is 0 Å². The standard InChI is InChI=1S/C14H18N2O3.V/c1-10(2)14(18)15-8-13(17)16-12-6-4-11(5-7-12)9-19-3;/h3-7,10H,8-9H2,1-2H3,(H,15,18)(H,16,17);. The fourth-order valence-corrected chi connectivity index (χ4v) is 1.51. The van der Waals surface area contributed by atoms with Gasteiger partial charge in [0.25, 0.3) is 0 Å². The molecule has 107 valence electrons. The van der Waals surface area contributed by atoms with Crippen LogP contribution in [0.25, 0.3) is 0 Å². The summed E-state index contributed by atoms with van der Waals surface area (Å²) in [6, 6.07) is 7.34. The fraction of sp³-hybridized carbons (Fsp3) is 0.357. The molecule has 0 heterocycles. The van der Waals surface area contributed by atoms with Crippen molar-refractivity contribution < 1.29 is 31.3 Å². The summed E-state index contributed by atoms with van der Waals surface area (Å²) in [5.41, 5.74) is 1.70. The van der Waals surface area contributed by atoms with Gasteiger partial charge in [-0.2, -0.15) is 0 Å². The third-order valence-electron chi connectivity index (χ3n) is 2.51. The van der Waals surface area contributed by atoms with Gasteiger partial charge in [0.15, 0.2) is 0 Å². The predicted molar refractivity (Wildman–Crippen MR) is 73.8 cm³/mol. The number of nitrogens with one attached hydrogen (secondary N) is 2. The molecule has 20 heavy (non-hydrogen) atoms. The molecule has 0 unspecified atom stereocenters. The molecule has 2 amide bonds. The summed E-state index contributed by atoms with van der Waals surface area (Å²) in [6.07, 6.45) is 0. The number of ether oxygens (including phenoxy) is 1. The van der Waals surface area contributed by atoms with Gasteiger partial charge in [0.05, 0.1) is 0 Å². The van der Waals surface area contributed by atoms with Crippen LogP contribution in [0, 0.1) is 5.92 Å². The van der Waals surface area contributed by atoms with Crippen molar-refractivity contribution in [3.63, 3.8) is 0 Å². The van der Waals surface area contributed by atoms with Gasteiger partial charge in [0, 0.05) is 5.92 Å². The third kappa shape index (κ3) is 6.15. The first-order valence-electron chi connectivity index (χ1n) is 6.27. The zero-order valence-electron chi connectivity index (χ0n) is 11.6. The normalized spacial score (nSPS) is 10.1. The van der Waals surface area contributed by atoms with E-state index in [1.807, 2.05) is 12.1 Å². The van der Waals surface area contributed by atoms with Crippen molar-refractivity contribution >= 4 is 22.4 Å². The Labute approximate surface area is 127 Å². The molecule has 0 aliphatic carbocycles. The summed E-state index contributed by atoms with van der Waals surface area (Å²) in [7, 11) is 0. The third-order valence-corrected chi connectivity index (χ3v) is 2.74. The van der Waals surface area contributed by atoms with Gasteiger partial charge in [-0.1, -0.05) is 13.8 Å². The molecule has 1 aromatic carbocycles. The molecule has 0 saturated heterocycles. The Morgan fingerprint density at radius 3 is 2.50 bits per heavy atom. The molecule has 1 aromatic rings. The molecule has 1 rings (SSSR count). The van der Waals surface area contributed by atoms with Gasteiger partial charge in [0.2, 0.25) is 0 Å². The van der Waals surface area contributed by atoms with Crippen molar-refractivity contribution in [2.45, 2.75) is 20.5 Å². The van der Waals surface area contributed by atoms with Crippen LogP contribution in [0.5, 0.6) is 0 Å². The Hall–Kier alpha value is -1.43. The van der Waals surface area contributed by atoms with E-state index in [4.69, 9.17) is 4.74 Å². The van der Waals surface area contributed by atoms with Gasteiger partial charge >= 0.3 is 103 Å². The Kier molecular flexibility index (Phi) is 7.22. The van der Waals surface area contributed by atoms with E-state index >= 15 is 0 Å². The molecule has 0 radical (unpaired) electrons. The summed E-state index contributed by atoms with van der Waals surface area (Å²) < 4.78 is 5.14. The molecule has 0 spiro atoms. The average Bonchev–Trinajstić information content (AvgIpc) is 2.44. The summed E-state index contributed by atoms with van der Waals surface area (Å²) >= 11 is 2.23. The topological polar surface area (TPSA) is 67.4 Å². The Morgan fingerprint density at radius 2 is 1.95 bits per heavy atom. The van der Waals surface area contributed by atoms with Crippen molar-refractivity contribution in [3.8, 4) is 0 Å². The maximum atomic E-state index is 11.6. The van der Waals surface area contributed by atoms with Gasteiger partial charge in [-0.25, -0.2) is 0 Å². The molecule has 2 N–H and O–H groups in total. The van der Waals surface area contributed by atoms with Crippen molar-refractivity contribution in [3.05, 3.63) is 29.8 Å². The fourth-order valence-electron chi connectivity index (χ4n) is 1.39. The van der Waals surface area contributed by atoms with E-state index in [9.17, 15) is 9.59 Å². The second-order valence-corrected chi connectivity index (χ2v) is 4.86. The van der Waals surface area contributed by atoms with Crippen LogP contribution < -0.4 is 10.6 Å². The minimum absolute atomic E-state index is 0.0232. The van der Waals surface area contributed by atoms with Crippen molar-refractivity contribution in [1.29, 1.82) is 0 Å². The van der Waals surface area contributed by atoms with Crippen LogP contribution in [0.4, 0.5) is 5.69 Å².